The third-order valence-electron chi connectivity index (χ3n) is 4.87. The molecule has 0 aliphatic carbocycles. The summed E-state index contributed by atoms with van der Waals surface area (Å²) in [6.45, 7) is 7.79. The van der Waals surface area contributed by atoms with E-state index in [0.29, 0.717) is 17.2 Å². The third kappa shape index (κ3) is 7.25. The van der Waals surface area contributed by atoms with Gasteiger partial charge in [-0.05, 0) is 71.9 Å². The summed E-state index contributed by atoms with van der Waals surface area (Å²) in [4.78, 5) is 27.6. The number of amides is 2. The number of nitrogens with zero attached hydrogens (tertiary/aromatic N) is 1. The van der Waals surface area contributed by atoms with Crippen LogP contribution in [0.15, 0.2) is 46.9 Å². The average molecular weight is 510 g/mol. The van der Waals surface area contributed by atoms with Crippen LogP contribution in [0.1, 0.15) is 45.2 Å². The maximum absolute atomic E-state index is 13.2. The fraction of sp³-hybridized carbons (Fsp3) is 0.417. The van der Waals surface area contributed by atoms with Gasteiger partial charge in [0.1, 0.15) is 11.8 Å². The first-order valence-corrected chi connectivity index (χ1v) is 11.7. The summed E-state index contributed by atoms with van der Waals surface area (Å²) in [6, 6.07) is 12.5. The molecule has 0 unspecified atom stereocenters. The van der Waals surface area contributed by atoms with Crippen LogP contribution in [0.2, 0.25) is 5.02 Å². The summed E-state index contributed by atoms with van der Waals surface area (Å²) in [6.07, 6.45) is 1.39. The minimum atomic E-state index is -0.624. The Balaban J connectivity index is 2.24. The largest absolute Gasteiger partial charge is 0.483 e. The number of benzene rings is 2. The van der Waals surface area contributed by atoms with Crippen molar-refractivity contribution >= 4 is 39.3 Å². The van der Waals surface area contributed by atoms with E-state index in [-0.39, 0.29) is 31.0 Å². The highest BCUT2D eigenvalue weighted by Gasteiger charge is 2.29. The molecular formula is C24H30BrClN2O3. The Morgan fingerprint density at radius 2 is 1.87 bits per heavy atom. The van der Waals surface area contributed by atoms with E-state index in [1.807, 2.05) is 57.2 Å². The number of nitrogens with one attached hydrogen (secondary N) is 1. The number of ether oxygens (including phenoxy) is 1. The normalized spacial score (nSPS) is 11.8. The fourth-order valence-electron chi connectivity index (χ4n) is 3.21. The first-order valence-electron chi connectivity index (χ1n) is 10.5. The highest BCUT2D eigenvalue weighted by atomic mass is 79.9. The van der Waals surface area contributed by atoms with Gasteiger partial charge in [0.05, 0.1) is 4.47 Å². The molecule has 2 aromatic carbocycles. The molecular weight excluding hydrogens is 480 g/mol. The van der Waals surface area contributed by atoms with Gasteiger partial charge < -0.3 is 15.0 Å². The molecule has 7 heteroatoms. The van der Waals surface area contributed by atoms with Crippen molar-refractivity contribution in [3.05, 3.63) is 63.1 Å². The van der Waals surface area contributed by atoms with Crippen molar-refractivity contribution in [3.8, 4) is 5.75 Å². The van der Waals surface area contributed by atoms with Crippen molar-refractivity contribution in [2.75, 3.05) is 6.61 Å². The van der Waals surface area contributed by atoms with E-state index in [1.165, 1.54) is 5.56 Å². The van der Waals surface area contributed by atoms with E-state index in [0.717, 1.165) is 16.5 Å². The molecule has 2 aromatic rings. The second-order valence-corrected chi connectivity index (χ2v) is 8.87. The van der Waals surface area contributed by atoms with Crippen molar-refractivity contribution in [2.45, 2.75) is 59.2 Å². The van der Waals surface area contributed by atoms with E-state index in [4.69, 9.17) is 16.3 Å². The second-order valence-electron chi connectivity index (χ2n) is 7.61. The van der Waals surface area contributed by atoms with E-state index < -0.39 is 6.04 Å². The summed E-state index contributed by atoms with van der Waals surface area (Å²) in [7, 11) is 0. The van der Waals surface area contributed by atoms with Crippen molar-refractivity contribution in [1.82, 2.24) is 10.2 Å². The lowest BCUT2D eigenvalue weighted by molar-refractivity contribution is -0.143. The molecule has 1 atom stereocenters. The summed E-state index contributed by atoms with van der Waals surface area (Å²) in [5, 5.41) is 3.46. The fourth-order valence-corrected chi connectivity index (χ4v) is 3.95. The standard InChI is InChI=1S/C24H30BrClN2O3/c1-5-17-11-12-22(19(25)13-17)31-15-23(29)28(14-18-9-7-8-10-20(18)26)21(6-2)24(30)27-16(3)4/h7-13,16,21H,5-6,14-15H2,1-4H3,(H,27,30)/t21-/m0/s1. The molecule has 0 saturated carbocycles. The van der Waals surface area contributed by atoms with Crippen LogP contribution in [0.25, 0.3) is 0 Å². The Hall–Kier alpha value is -2.05. The SMILES string of the molecule is CCc1ccc(OCC(=O)N(Cc2ccccc2Cl)[C@@H](CC)C(=O)NC(C)C)c(Br)c1. The lowest BCUT2D eigenvalue weighted by Gasteiger charge is -2.31. The number of carbonyl (C=O) groups excluding carboxylic acids is 2. The first kappa shape index (κ1) is 25.2. The monoisotopic (exact) mass is 508 g/mol. The zero-order chi connectivity index (χ0) is 23.0. The summed E-state index contributed by atoms with van der Waals surface area (Å²) in [5.41, 5.74) is 1.95. The Morgan fingerprint density at radius 1 is 1.16 bits per heavy atom. The molecule has 2 amide bonds. The summed E-state index contributed by atoms with van der Waals surface area (Å²) < 4.78 is 6.59. The zero-order valence-electron chi connectivity index (χ0n) is 18.5. The van der Waals surface area contributed by atoms with Gasteiger partial charge in [0.25, 0.3) is 5.91 Å². The predicted octanol–water partition coefficient (Wildman–Crippen LogP) is 5.38. The van der Waals surface area contributed by atoms with Crippen LogP contribution in [0.3, 0.4) is 0 Å². The van der Waals surface area contributed by atoms with E-state index in [9.17, 15) is 9.59 Å². The molecule has 0 aromatic heterocycles. The first-order chi connectivity index (χ1) is 14.8. The molecule has 0 bridgehead atoms. The maximum Gasteiger partial charge on any atom is 0.261 e. The number of carbonyl (C=O) groups is 2. The van der Waals surface area contributed by atoms with Crippen LogP contribution in [0.5, 0.6) is 5.75 Å². The number of aryl methyl sites for hydroxylation is 1. The van der Waals surface area contributed by atoms with Crippen LogP contribution in [-0.2, 0) is 22.6 Å². The van der Waals surface area contributed by atoms with Gasteiger partial charge in [-0.15, -0.1) is 0 Å². The topological polar surface area (TPSA) is 58.6 Å². The van der Waals surface area contributed by atoms with Crippen molar-refractivity contribution in [3.63, 3.8) is 0 Å². The smallest absolute Gasteiger partial charge is 0.261 e. The van der Waals surface area contributed by atoms with Crippen LogP contribution < -0.4 is 10.1 Å². The molecule has 0 saturated heterocycles. The Morgan fingerprint density at radius 3 is 2.45 bits per heavy atom. The van der Waals surface area contributed by atoms with Gasteiger partial charge in [-0.2, -0.15) is 0 Å². The van der Waals surface area contributed by atoms with Gasteiger partial charge >= 0.3 is 0 Å². The second kappa shape index (κ2) is 12.1. The maximum atomic E-state index is 13.2. The Kier molecular flexibility index (Phi) is 9.85. The van der Waals surface area contributed by atoms with Gasteiger partial charge in [-0.3, -0.25) is 9.59 Å². The quantitative estimate of drug-likeness (QED) is 0.468. The number of hydrogen-bond acceptors (Lipinski definition) is 3. The van der Waals surface area contributed by atoms with E-state index >= 15 is 0 Å². The Bertz CT molecular complexity index is 904. The summed E-state index contributed by atoms with van der Waals surface area (Å²) in [5.74, 6) is 0.117. The van der Waals surface area contributed by atoms with Crippen LogP contribution in [0.4, 0.5) is 0 Å². The van der Waals surface area contributed by atoms with Crippen molar-refractivity contribution in [1.29, 1.82) is 0 Å². The third-order valence-corrected chi connectivity index (χ3v) is 5.86. The molecule has 168 valence electrons. The van der Waals surface area contributed by atoms with Crippen LogP contribution >= 0.6 is 27.5 Å². The number of rotatable bonds is 10. The molecule has 0 fully saturated rings. The highest BCUT2D eigenvalue weighted by molar-refractivity contribution is 9.10. The number of halogens is 2. The molecule has 0 spiro atoms. The highest BCUT2D eigenvalue weighted by Crippen LogP contribution is 2.27. The minimum Gasteiger partial charge on any atom is -0.483 e. The van der Waals surface area contributed by atoms with Crippen molar-refractivity contribution in [2.24, 2.45) is 0 Å². The molecule has 0 aliphatic rings. The van der Waals surface area contributed by atoms with Crippen LogP contribution in [0, 0.1) is 0 Å². The predicted molar refractivity (Wildman–Crippen MR) is 128 cm³/mol. The lowest BCUT2D eigenvalue weighted by atomic mass is 10.1. The zero-order valence-corrected chi connectivity index (χ0v) is 20.8. The molecule has 0 heterocycles. The summed E-state index contributed by atoms with van der Waals surface area (Å²) >= 11 is 9.83. The van der Waals surface area contributed by atoms with Crippen LogP contribution in [-0.4, -0.2) is 35.4 Å². The molecule has 31 heavy (non-hydrogen) atoms. The minimum absolute atomic E-state index is 0.0249. The number of hydrogen-bond donors (Lipinski definition) is 1. The molecule has 0 aliphatic heterocycles. The lowest BCUT2D eigenvalue weighted by Crippen LogP contribution is -2.51. The molecule has 2 rings (SSSR count). The van der Waals surface area contributed by atoms with E-state index in [1.54, 1.807) is 11.0 Å². The van der Waals surface area contributed by atoms with Gasteiger partial charge in [0.15, 0.2) is 6.61 Å². The average Bonchev–Trinajstić information content (AvgIpc) is 2.73. The van der Waals surface area contributed by atoms with Crippen molar-refractivity contribution < 1.29 is 14.3 Å². The van der Waals surface area contributed by atoms with E-state index in [2.05, 4.69) is 28.2 Å². The Labute approximate surface area is 198 Å². The van der Waals surface area contributed by atoms with Gasteiger partial charge in [0.2, 0.25) is 5.91 Å². The molecule has 5 nitrogen and oxygen atoms in total. The van der Waals surface area contributed by atoms with Gasteiger partial charge in [-0.1, -0.05) is 49.7 Å². The van der Waals surface area contributed by atoms with Gasteiger partial charge in [-0.25, -0.2) is 0 Å². The molecule has 1 N–H and O–H groups in total. The molecule has 0 radical (unpaired) electrons. The van der Waals surface area contributed by atoms with Gasteiger partial charge in [0, 0.05) is 17.6 Å².